The van der Waals surface area contributed by atoms with Crippen molar-refractivity contribution in [2.75, 3.05) is 76.5 Å². The van der Waals surface area contributed by atoms with E-state index in [-0.39, 0.29) is 0 Å². The minimum atomic E-state index is 0.504. The Bertz CT molecular complexity index is 1190. The maximum atomic E-state index is 5.84. The molecule has 10 nitrogen and oxygen atoms in total. The predicted molar refractivity (Wildman–Crippen MR) is 161 cm³/mol. The summed E-state index contributed by atoms with van der Waals surface area (Å²) in [5.74, 6) is 4.55. The van der Waals surface area contributed by atoms with E-state index in [0.29, 0.717) is 65.6 Å². The molecule has 1 N–H and O–H groups in total. The highest BCUT2D eigenvalue weighted by Gasteiger charge is 2.27. The van der Waals surface area contributed by atoms with Gasteiger partial charge in [-0.2, -0.15) is 0 Å². The van der Waals surface area contributed by atoms with Crippen LogP contribution in [-0.4, -0.2) is 81.4 Å². The summed E-state index contributed by atoms with van der Waals surface area (Å²) >= 11 is 0. The molecule has 0 radical (unpaired) electrons. The van der Waals surface area contributed by atoms with E-state index >= 15 is 0 Å². The summed E-state index contributed by atoms with van der Waals surface area (Å²) in [7, 11) is 12.9. The van der Waals surface area contributed by atoms with Gasteiger partial charge in [0.15, 0.2) is 23.0 Å². The second kappa shape index (κ2) is 16.1. The molecule has 0 aliphatic heterocycles. The van der Waals surface area contributed by atoms with Gasteiger partial charge in [-0.05, 0) is 27.7 Å². The number of hydrogen-bond donors (Lipinski definition) is 1. The van der Waals surface area contributed by atoms with Gasteiger partial charge in [0.1, 0.15) is 0 Å². The van der Waals surface area contributed by atoms with Crippen LogP contribution in [0.15, 0.2) is 11.6 Å². The van der Waals surface area contributed by atoms with Gasteiger partial charge in [-0.15, -0.1) is 0 Å². The lowest BCUT2D eigenvalue weighted by Gasteiger charge is -2.27. The molecule has 2 aromatic carbocycles. The minimum absolute atomic E-state index is 0.504. The number of nitrogens with zero attached hydrogens (tertiary/aromatic N) is 1. The first-order valence-electron chi connectivity index (χ1n) is 13.5. The molecule has 0 aliphatic rings. The summed E-state index contributed by atoms with van der Waals surface area (Å²) in [4.78, 5) is 2.34. The van der Waals surface area contributed by atoms with Gasteiger partial charge in [-0.3, -0.25) is 4.90 Å². The molecule has 0 saturated heterocycles. The van der Waals surface area contributed by atoms with E-state index in [4.69, 9.17) is 37.9 Å². The van der Waals surface area contributed by atoms with Crippen molar-refractivity contribution in [3.8, 4) is 46.0 Å². The summed E-state index contributed by atoms with van der Waals surface area (Å²) in [5.41, 5.74) is 5.03. The highest BCUT2D eigenvalue weighted by molar-refractivity contribution is 5.67. The van der Waals surface area contributed by atoms with Crippen LogP contribution in [0.5, 0.6) is 46.0 Å². The van der Waals surface area contributed by atoms with Crippen LogP contribution in [0.2, 0.25) is 0 Å². The van der Waals surface area contributed by atoms with Gasteiger partial charge in [0.25, 0.3) is 0 Å². The molecule has 0 saturated carbocycles. The van der Waals surface area contributed by atoms with E-state index in [2.05, 4.69) is 30.1 Å². The summed E-state index contributed by atoms with van der Waals surface area (Å²) in [6.07, 6.45) is 2.21. The predicted octanol–water partition coefficient (Wildman–Crippen LogP) is 4.93. The van der Waals surface area contributed by atoms with Crippen LogP contribution in [0.3, 0.4) is 0 Å². The summed E-state index contributed by atoms with van der Waals surface area (Å²) in [5, 5.41) is 3.57. The average molecular weight is 577 g/mol. The van der Waals surface area contributed by atoms with Gasteiger partial charge in [0.2, 0.25) is 23.0 Å². The molecule has 0 spiro atoms. The lowest BCUT2D eigenvalue weighted by molar-refractivity contribution is 0.273. The maximum absolute atomic E-state index is 5.84. The Hall–Kier alpha value is -3.50. The van der Waals surface area contributed by atoms with Crippen LogP contribution in [0, 0.1) is 13.8 Å². The molecular weight excluding hydrogens is 528 g/mol. The van der Waals surface area contributed by atoms with Crippen molar-refractivity contribution in [1.29, 1.82) is 0 Å². The molecule has 0 unspecified atom stereocenters. The Balaban J connectivity index is 2.37. The van der Waals surface area contributed by atoms with Crippen molar-refractivity contribution < 1.29 is 37.9 Å². The Morgan fingerprint density at radius 1 is 0.585 bits per heavy atom. The van der Waals surface area contributed by atoms with E-state index < -0.39 is 0 Å². The lowest BCUT2D eigenvalue weighted by Crippen LogP contribution is -2.32. The van der Waals surface area contributed by atoms with Crippen molar-refractivity contribution >= 4 is 0 Å². The Morgan fingerprint density at radius 3 is 1.39 bits per heavy atom. The minimum Gasteiger partial charge on any atom is -0.492 e. The number of methoxy groups -OCH3 is 8. The maximum Gasteiger partial charge on any atom is 0.207 e. The first-order chi connectivity index (χ1) is 19.7. The molecule has 0 atom stereocenters. The SMILES string of the molecule is COc1c(C)c(CNCCN(CC=C(C)C)Cc2c(C)c(OC)c(OC)c(OC)c2OC)c(OC)c(OC)c1OC. The number of allylic oxidation sites excluding steroid dienone is 1. The zero-order chi connectivity index (χ0) is 30.7. The van der Waals surface area contributed by atoms with Crippen LogP contribution in [0.25, 0.3) is 0 Å². The third-order valence-corrected chi connectivity index (χ3v) is 7.05. The quantitative estimate of drug-likeness (QED) is 0.207. The van der Waals surface area contributed by atoms with Crippen LogP contribution in [-0.2, 0) is 13.1 Å². The summed E-state index contributed by atoms with van der Waals surface area (Å²) in [6.45, 7) is 11.6. The van der Waals surface area contributed by atoms with E-state index in [1.165, 1.54) is 5.57 Å². The Morgan fingerprint density at radius 2 is 0.976 bits per heavy atom. The van der Waals surface area contributed by atoms with Crippen LogP contribution < -0.4 is 43.2 Å². The fourth-order valence-electron chi connectivity index (χ4n) is 4.93. The highest BCUT2D eigenvalue weighted by Crippen LogP contribution is 2.50. The van der Waals surface area contributed by atoms with E-state index in [1.807, 2.05) is 13.8 Å². The van der Waals surface area contributed by atoms with Crippen molar-refractivity contribution in [2.24, 2.45) is 0 Å². The third-order valence-electron chi connectivity index (χ3n) is 7.05. The van der Waals surface area contributed by atoms with Gasteiger partial charge < -0.3 is 43.2 Å². The first-order valence-corrected chi connectivity index (χ1v) is 13.5. The van der Waals surface area contributed by atoms with Gasteiger partial charge >= 0.3 is 0 Å². The molecule has 0 fully saturated rings. The molecule has 10 heteroatoms. The molecule has 0 bridgehead atoms. The van der Waals surface area contributed by atoms with E-state index in [9.17, 15) is 0 Å². The summed E-state index contributed by atoms with van der Waals surface area (Å²) in [6, 6.07) is 0. The molecule has 41 heavy (non-hydrogen) atoms. The smallest absolute Gasteiger partial charge is 0.207 e. The van der Waals surface area contributed by atoms with Crippen molar-refractivity contribution in [2.45, 2.75) is 40.8 Å². The van der Waals surface area contributed by atoms with Crippen molar-refractivity contribution in [3.63, 3.8) is 0 Å². The average Bonchev–Trinajstić information content (AvgIpc) is 2.97. The lowest BCUT2D eigenvalue weighted by atomic mass is 10.0. The fraction of sp³-hybridized carbons (Fsp3) is 0.548. The fourth-order valence-corrected chi connectivity index (χ4v) is 4.93. The van der Waals surface area contributed by atoms with Gasteiger partial charge in [0, 0.05) is 55.0 Å². The largest absolute Gasteiger partial charge is 0.492 e. The number of rotatable bonds is 17. The topological polar surface area (TPSA) is 89.1 Å². The van der Waals surface area contributed by atoms with Gasteiger partial charge in [-0.25, -0.2) is 0 Å². The second-order valence-corrected chi connectivity index (χ2v) is 9.67. The third kappa shape index (κ3) is 7.42. The Kier molecular flexibility index (Phi) is 13.2. The van der Waals surface area contributed by atoms with E-state index in [0.717, 1.165) is 35.3 Å². The first kappa shape index (κ1) is 33.7. The zero-order valence-corrected chi connectivity index (χ0v) is 26.8. The van der Waals surface area contributed by atoms with Crippen LogP contribution >= 0.6 is 0 Å². The van der Waals surface area contributed by atoms with Crippen molar-refractivity contribution in [1.82, 2.24) is 10.2 Å². The molecular formula is C31H48N2O8. The second-order valence-electron chi connectivity index (χ2n) is 9.67. The zero-order valence-electron chi connectivity index (χ0n) is 26.8. The molecule has 2 aromatic rings. The summed E-state index contributed by atoms with van der Waals surface area (Å²) < 4.78 is 45.5. The molecule has 0 heterocycles. The number of ether oxygens (including phenoxy) is 8. The monoisotopic (exact) mass is 576 g/mol. The highest BCUT2D eigenvalue weighted by atomic mass is 16.6. The number of hydrogen-bond acceptors (Lipinski definition) is 10. The molecule has 2 rings (SSSR count). The normalized spacial score (nSPS) is 10.8. The Labute approximate surface area is 245 Å². The number of benzene rings is 2. The molecule has 0 aromatic heterocycles. The number of nitrogens with one attached hydrogen (secondary N) is 1. The van der Waals surface area contributed by atoms with Gasteiger partial charge in [-0.1, -0.05) is 11.6 Å². The molecule has 0 amide bonds. The van der Waals surface area contributed by atoms with Crippen LogP contribution in [0.1, 0.15) is 36.1 Å². The van der Waals surface area contributed by atoms with Crippen molar-refractivity contribution in [3.05, 3.63) is 33.9 Å². The van der Waals surface area contributed by atoms with Gasteiger partial charge in [0.05, 0.1) is 56.9 Å². The standard InChI is InChI=1S/C31H48N2O8/c1-19(2)13-15-33(18-23-21(4)25(35-6)29(39-10)31(41-12)27(23)37-8)16-14-32-17-22-20(3)24(34-5)28(38-9)30(40-11)26(22)36-7/h13,32H,14-18H2,1-12H3. The molecule has 0 aliphatic carbocycles. The molecule has 230 valence electrons. The van der Waals surface area contributed by atoms with Crippen LogP contribution in [0.4, 0.5) is 0 Å². The van der Waals surface area contributed by atoms with E-state index in [1.54, 1.807) is 56.9 Å².